The predicted octanol–water partition coefficient (Wildman–Crippen LogP) is 3.65. The number of hydrogen-bond acceptors (Lipinski definition) is 4. The molecule has 2 aromatic rings. The number of rotatable bonds is 6. The van der Waals surface area contributed by atoms with Gasteiger partial charge < -0.3 is 10.5 Å². The topological polar surface area (TPSA) is 48.1 Å². The van der Waals surface area contributed by atoms with E-state index in [2.05, 4.69) is 48.5 Å². The summed E-state index contributed by atoms with van der Waals surface area (Å²) in [5.41, 5.74) is 9.58. The number of thiazole rings is 1. The van der Waals surface area contributed by atoms with Gasteiger partial charge in [-0.1, -0.05) is 38.1 Å². The monoisotopic (exact) mass is 290 g/mol. The first-order valence-corrected chi connectivity index (χ1v) is 7.79. The highest BCUT2D eigenvalue weighted by molar-refractivity contribution is 7.10. The Morgan fingerprint density at radius 3 is 2.55 bits per heavy atom. The number of hydrogen-bond donors (Lipinski definition) is 1. The molecule has 0 bridgehead atoms. The van der Waals surface area contributed by atoms with Crippen molar-refractivity contribution in [1.82, 2.24) is 4.98 Å². The summed E-state index contributed by atoms with van der Waals surface area (Å²) in [5.74, 6) is 0.408. The van der Waals surface area contributed by atoms with Crippen molar-refractivity contribution in [3.8, 4) is 11.3 Å². The van der Waals surface area contributed by atoms with Gasteiger partial charge in [0.1, 0.15) is 5.01 Å². The van der Waals surface area contributed by atoms with Crippen LogP contribution in [0.2, 0.25) is 0 Å². The third-order valence-corrected chi connectivity index (χ3v) is 4.32. The molecule has 108 valence electrons. The summed E-state index contributed by atoms with van der Waals surface area (Å²) in [7, 11) is 1.73. The molecular weight excluding hydrogens is 268 g/mol. The van der Waals surface area contributed by atoms with Crippen LogP contribution in [-0.4, -0.2) is 18.7 Å². The van der Waals surface area contributed by atoms with E-state index in [1.165, 1.54) is 5.56 Å². The number of aromatic nitrogens is 1. The lowest BCUT2D eigenvalue weighted by Gasteiger charge is -2.11. The first-order valence-electron chi connectivity index (χ1n) is 6.91. The minimum atomic E-state index is 0.0229. The van der Waals surface area contributed by atoms with Crippen LogP contribution in [0.4, 0.5) is 0 Å². The Bertz CT molecular complexity index is 534. The fourth-order valence-corrected chi connectivity index (χ4v) is 2.92. The highest BCUT2D eigenvalue weighted by Crippen LogP contribution is 2.27. The van der Waals surface area contributed by atoms with Crippen molar-refractivity contribution in [1.29, 1.82) is 0 Å². The molecule has 0 fully saturated rings. The predicted molar refractivity (Wildman–Crippen MR) is 84.9 cm³/mol. The van der Waals surface area contributed by atoms with Crippen molar-refractivity contribution < 1.29 is 4.74 Å². The number of nitrogens with zero attached hydrogens (tertiary/aromatic N) is 1. The average molecular weight is 290 g/mol. The first-order chi connectivity index (χ1) is 9.61. The highest BCUT2D eigenvalue weighted by atomic mass is 32.1. The molecule has 0 aliphatic carbocycles. The third-order valence-electron chi connectivity index (χ3n) is 3.37. The van der Waals surface area contributed by atoms with Crippen LogP contribution in [0.1, 0.15) is 30.5 Å². The van der Waals surface area contributed by atoms with E-state index < -0.39 is 0 Å². The highest BCUT2D eigenvalue weighted by Gasteiger charge is 2.15. The molecule has 2 N–H and O–H groups in total. The number of nitrogens with two attached hydrogens (primary N) is 1. The van der Waals surface area contributed by atoms with Gasteiger partial charge in [0.25, 0.3) is 0 Å². The zero-order valence-corrected chi connectivity index (χ0v) is 13.1. The fraction of sp³-hybridized carbons (Fsp3) is 0.438. The van der Waals surface area contributed by atoms with Crippen LogP contribution in [0.15, 0.2) is 29.6 Å². The van der Waals surface area contributed by atoms with E-state index in [9.17, 15) is 0 Å². The molecule has 0 radical (unpaired) electrons. The minimum Gasteiger partial charge on any atom is -0.384 e. The van der Waals surface area contributed by atoms with Crippen LogP contribution in [0, 0.1) is 5.92 Å². The summed E-state index contributed by atoms with van der Waals surface area (Å²) in [6.45, 7) is 5.00. The van der Waals surface area contributed by atoms with Gasteiger partial charge in [0.2, 0.25) is 0 Å². The van der Waals surface area contributed by atoms with E-state index >= 15 is 0 Å². The molecule has 0 saturated heterocycles. The average Bonchev–Trinajstić information content (AvgIpc) is 2.94. The Hall–Kier alpha value is -1.23. The van der Waals surface area contributed by atoms with Gasteiger partial charge in [0.15, 0.2) is 0 Å². The van der Waals surface area contributed by atoms with Crippen molar-refractivity contribution >= 4 is 11.3 Å². The molecule has 20 heavy (non-hydrogen) atoms. The second-order valence-corrected chi connectivity index (χ2v) is 6.17. The lowest BCUT2D eigenvalue weighted by Crippen LogP contribution is -2.16. The molecule has 4 heteroatoms. The number of ether oxygens (including phenoxy) is 1. The van der Waals surface area contributed by atoms with Crippen LogP contribution in [0.5, 0.6) is 0 Å². The van der Waals surface area contributed by atoms with Crippen molar-refractivity contribution in [2.45, 2.75) is 26.3 Å². The summed E-state index contributed by atoms with van der Waals surface area (Å²) in [4.78, 5) is 4.66. The van der Waals surface area contributed by atoms with Crippen LogP contribution in [-0.2, 0) is 11.2 Å². The smallest absolute Gasteiger partial charge is 0.110 e. The Labute approximate surface area is 124 Å². The Morgan fingerprint density at radius 1 is 1.25 bits per heavy atom. The minimum absolute atomic E-state index is 0.0229. The van der Waals surface area contributed by atoms with Gasteiger partial charge in [0, 0.05) is 18.1 Å². The molecule has 2 rings (SSSR count). The van der Waals surface area contributed by atoms with Gasteiger partial charge in [-0.05, 0) is 17.9 Å². The van der Waals surface area contributed by atoms with E-state index in [-0.39, 0.29) is 6.04 Å². The number of methoxy groups -OCH3 is 1. The van der Waals surface area contributed by atoms with Crippen LogP contribution in [0.25, 0.3) is 11.3 Å². The Balaban J connectivity index is 2.12. The third kappa shape index (κ3) is 3.66. The van der Waals surface area contributed by atoms with Crippen LogP contribution in [0.3, 0.4) is 0 Å². The SMILES string of the molecule is COCCc1ccc(-c2csc(C(N)C(C)C)n2)cc1. The van der Waals surface area contributed by atoms with Crippen molar-refractivity contribution in [2.75, 3.05) is 13.7 Å². The molecule has 1 aromatic heterocycles. The molecule has 0 saturated carbocycles. The summed E-state index contributed by atoms with van der Waals surface area (Å²) in [6, 6.07) is 8.52. The molecular formula is C16H22N2OS. The lowest BCUT2D eigenvalue weighted by molar-refractivity contribution is 0.202. The van der Waals surface area contributed by atoms with E-state index in [4.69, 9.17) is 10.5 Å². The van der Waals surface area contributed by atoms with Gasteiger partial charge in [-0.25, -0.2) is 4.98 Å². The molecule has 0 aliphatic heterocycles. The summed E-state index contributed by atoms with van der Waals surface area (Å²) >= 11 is 1.64. The molecule has 0 aliphatic rings. The maximum atomic E-state index is 6.14. The Kier molecular flexibility index (Phi) is 5.29. The fourth-order valence-electron chi connectivity index (χ4n) is 1.92. The van der Waals surface area contributed by atoms with Crippen molar-refractivity contribution in [3.05, 3.63) is 40.2 Å². The van der Waals surface area contributed by atoms with E-state index in [0.717, 1.165) is 29.3 Å². The van der Waals surface area contributed by atoms with Crippen LogP contribution >= 0.6 is 11.3 Å². The Morgan fingerprint density at radius 2 is 1.95 bits per heavy atom. The van der Waals surface area contributed by atoms with Crippen LogP contribution < -0.4 is 5.73 Å². The zero-order valence-electron chi connectivity index (χ0n) is 12.3. The summed E-state index contributed by atoms with van der Waals surface area (Å²) in [5, 5.41) is 3.10. The molecule has 1 atom stereocenters. The second-order valence-electron chi connectivity index (χ2n) is 5.28. The first kappa shape index (κ1) is 15.2. The van der Waals surface area contributed by atoms with Gasteiger partial charge in [-0.15, -0.1) is 11.3 Å². The maximum absolute atomic E-state index is 6.14. The standard InChI is InChI=1S/C16H22N2OS/c1-11(2)15(17)16-18-14(10-20-16)13-6-4-12(5-7-13)8-9-19-3/h4-7,10-11,15H,8-9,17H2,1-3H3. The van der Waals surface area contributed by atoms with E-state index in [1.807, 2.05) is 0 Å². The van der Waals surface area contributed by atoms with Crippen molar-refractivity contribution in [2.24, 2.45) is 11.7 Å². The number of benzene rings is 1. The zero-order chi connectivity index (χ0) is 14.5. The molecule has 1 aromatic carbocycles. The molecule has 1 heterocycles. The van der Waals surface area contributed by atoms with E-state index in [1.54, 1.807) is 18.4 Å². The molecule has 0 spiro atoms. The molecule has 3 nitrogen and oxygen atoms in total. The maximum Gasteiger partial charge on any atom is 0.110 e. The second kappa shape index (κ2) is 6.97. The molecule has 1 unspecified atom stereocenters. The quantitative estimate of drug-likeness (QED) is 0.883. The normalized spacial score (nSPS) is 12.8. The van der Waals surface area contributed by atoms with Gasteiger partial charge in [0.05, 0.1) is 18.3 Å². The van der Waals surface area contributed by atoms with Gasteiger partial charge in [-0.2, -0.15) is 0 Å². The largest absolute Gasteiger partial charge is 0.384 e. The van der Waals surface area contributed by atoms with Gasteiger partial charge >= 0.3 is 0 Å². The summed E-state index contributed by atoms with van der Waals surface area (Å²) < 4.78 is 5.09. The molecule has 0 amide bonds. The van der Waals surface area contributed by atoms with Gasteiger partial charge in [-0.3, -0.25) is 0 Å². The van der Waals surface area contributed by atoms with E-state index in [0.29, 0.717) is 5.92 Å². The lowest BCUT2D eigenvalue weighted by atomic mass is 10.1. The van der Waals surface area contributed by atoms with Crippen molar-refractivity contribution in [3.63, 3.8) is 0 Å². The summed E-state index contributed by atoms with van der Waals surface area (Å²) in [6.07, 6.45) is 0.942.